The first kappa shape index (κ1) is 5.70. The standard InChI is InChI=1S/C5H10N/c1-4-5-6(2)3/h4-5H,1H2,2-3H3/i2+1. The Morgan fingerprint density at radius 1 is 1.50 bits per heavy atom. The summed E-state index contributed by atoms with van der Waals surface area (Å²) in [6, 6.07) is 0. The second-order valence-electron chi connectivity index (χ2n) is 1.35. The molecule has 0 aromatic carbocycles. The Kier molecular flexibility index (Phi) is 2.77. The van der Waals surface area contributed by atoms with Gasteiger partial charge in [-0.2, -0.15) is 0 Å². The van der Waals surface area contributed by atoms with Crippen LogP contribution in [0.25, 0.3) is 0 Å². The molecule has 0 aliphatic carbocycles. The van der Waals surface area contributed by atoms with Crippen LogP contribution in [0.1, 0.15) is 0 Å². The maximum absolute atomic E-state index is 3.50. The fraction of sp³-hybridized carbons (Fsp3) is 0.400. The summed E-state index contributed by atoms with van der Waals surface area (Å²) in [6.07, 6.45) is 1.75. The third kappa shape index (κ3) is 3.70. The summed E-state index contributed by atoms with van der Waals surface area (Å²) in [6.45, 7) is 5.39. The van der Waals surface area contributed by atoms with Crippen molar-refractivity contribution in [1.29, 1.82) is 0 Å². The smallest absolute Gasteiger partial charge is 0.0461 e. The highest BCUT2D eigenvalue weighted by molar-refractivity contribution is 4.82. The van der Waals surface area contributed by atoms with Crippen LogP contribution in [0.3, 0.4) is 0 Å². The second-order valence-corrected chi connectivity index (χ2v) is 1.35. The first-order valence-electron chi connectivity index (χ1n) is 1.89. The summed E-state index contributed by atoms with van der Waals surface area (Å²) in [4.78, 5) is 1.94. The van der Waals surface area contributed by atoms with E-state index < -0.39 is 0 Å². The molecule has 1 nitrogen and oxygen atoms in total. The van der Waals surface area contributed by atoms with Crippen molar-refractivity contribution < 1.29 is 0 Å². The van der Waals surface area contributed by atoms with Gasteiger partial charge in [0.2, 0.25) is 0 Å². The molecule has 1 heteroatoms. The van der Waals surface area contributed by atoms with Gasteiger partial charge in [0.05, 0.1) is 0 Å². The van der Waals surface area contributed by atoms with Crippen molar-refractivity contribution >= 4 is 0 Å². The van der Waals surface area contributed by atoms with Crippen LogP contribution < -0.4 is 0 Å². The Hall–Kier alpha value is -0.300. The predicted octanol–water partition coefficient (Wildman–Crippen LogP) is 0.896. The zero-order valence-corrected chi connectivity index (χ0v) is 4.31. The van der Waals surface area contributed by atoms with Crippen LogP contribution in [0, 0.1) is 6.54 Å². The van der Waals surface area contributed by atoms with Crippen molar-refractivity contribution in [3.63, 3.8) is 0 Å². The molecule has 0 aliphatic rings. The lowest BCUT2D eigenvalue weighted by Gasteiger charge is -2.00. The molecule has 0 amide bonds. The SMILES string of the molecule is C=C[CH]N(C)[13CH3]. The van der Waals surface area contributed by atoms with E-state index in [2.05, 4.69) is 6.58 Å². The van der Waals surface area contributed by atoms with E-state index in [1.165, 1.54) is 0 Å². The lowest BCUT2D eigenvalue weighted by molar-refractivity contribution is 0.522. The molecule has 0 atom stereocenters. The molecule has 0 saturated heterocycles. The summed E-state index contributed by atoms with van der Waals surface area (Å²) in [5.41, 5.74) is 0. The molecule has 0 heterocycles. The number of hydrogen-bond acceptors (Lipinski definition) is 1. The molecule has 0 N–H and O–H groups in total. The Morgan fingerprint density at radius 2 is 2.00 bits per heavy atom. The summed E-state index contributed by atoms with van der Waals surface area (Å²) in [5.74, 6) is 0. The fourth-order valence-electron chi connectivity index (χ4n) is 0.211. The molecule has 0 aromatic rings. The molecule has 6 heavy (non-hydrogen) atoms. The van der Waals surface area contributed by atoms with Gasteiger partial charge in [0, 0.05) is 6.54 Å². The number of hydrogen-bond donors (Lipinski definition) is 0. The van der Waals surface area contributed by atoms with E-state index in [4.69, 9.17) is 0 Å². The van der Waals surface area contributed by atoms with Crippen molar-refractivity contribution in [2.45, 2.75) is 0 Å². The largest absolute Gasteiger partial charge is 0.301 e. The summed E-state index contributed by atoms with van der Waals surface area (Å²) < 4.78 is 0. The van der Waals surface area contributed by atoms with E-state index in [1.807, 2.05) is 25.5 Å². The lowest BCUT2D eigenvalue weighted by Crippen LogP contribution is -2.03. The zero-order valence-electron chi connectivity index (χ0n) is 4.31. The average Bonchev–Trinajstić information content (AvgIpc) is 1.35. The molecular formula is C5H10N. The van der Waals surface area contributed by atoms with Gasteiger partial charge in [-0.1, -0.05) is 6.08 Å². The summed E-state index contributed by atoms with van der Waals surface area (Å²) >= 11 is 0. The fourth-order valence-corrected chi connectivity index (χ4v) is 0.211. The molecule has 0 saturated carbocycles. The van der Waals surface area contributed by atoms with Crippen LogP contribution in [0.15, 0.2) is 12.7 Å². The number of nitrogens with zero attached hydrogens (tertiary/aromatic N) is 1. The molecule has 0 unspecified atom stereocenters. The highest BCUT2D eigenvalue weighted by Gasteiger charge is 1.76. The average molecular weight is 85.1 g/mol. The number of likely N-dealkylation sites (N-methyl/N-ethyl adjacent to an activating group) is 1. The first-order chi connectivity index (χ1) is 2.77. The molecule has 0 fully saturated rings. The van der Waals surface area contributed by atoms with Crippen LogP contribution >= 0.6 is 0 Å². The topological polar surface area (TPSA) is 3.24 Å². The minimum atomic E-state index is 1.75. The van der Waals surface area contributed by atoms with Gasteiger partial charge in [0.1, 0.15) is 0 Å². The summed E-state index contributed by atoms with van der Waals surface area (Å²) in [7, 11) is 3.92. The minimum Gasteiger partial charge on any atom is -0.301 e. The first-order valence-corrected chi connectivity index (χ1v) is 1.89. The molecule has 35 valence electrons. The van der Waals surface area contributed by atoms with Crippen LogP contribution in [0.4, 0.5) is 0 Å². The second kappa shape index (κ2) is 2.91. The molecule has 0 aliphatic heterocycles. The molecule has 0 aromatic heterocycles. The third-order valence-corrected chi connectivity index (χ3v) is 0.404. The Bertz CT molecular complexity index is 39.2. The van der Waals surface area contributed by atoms with Crippen molar-refractivity contribution in [3.05, 3.63) is 19.2 Å². The maximum atomic E-state index is 3.50. The molecule has 0 bridgehead atoms. The van der Waals surface area contributed by atoms with E-state index in [9.17, 15) is 0 Å². The van der Waals surface area contributed by atoms with Gasteiger partial charge >= 0.3 is 0 Å². The van der Waals surface area contributed by atoms with Crippen LogP contribution in [-0.4, -0.2) is 19.0 Å². The number of rotatable bonds is 2. The van der Waals surface area contributed by atoms with Crippen LogP contribution in [0.2, 0.25) is 0 Å². The lowest BCUT2D eigenvalue weighted by atomic mass is 10.6. The molecular weight excluding hydrogens is 75.1 g/mol. The van der Waals surface area contributed by atoms with Gasteiger partial charge in [-0.3, -0.25) is 0 Å². The van der Waals surface area contributed by atoms with Crippen LogP contribution in [-0.2, 0) is 0 Å². The van der Waals surface area contributed by atoms with Gasteiger partial charge in [-0.15, -0.1) is 6.58 Å². The zero-order chi connectivity index (χ0) is 4.99. The van der Waals surface area contributed by atoms with E-state index in [-0.39, 0.29) is 0 Å². The maximum Gasteiger partial charge on any atom is 0.0461 e. The highest BCUT2D eigenvalue weighted by atomic mass is 15.1. The van der Waals surface area contributed by atoms with Crippen molar-refractivity contribution in [2.24, 2.45) is 0 Å². The quantitative estimate of drug-likeness (QED) is 0.450. The van der Waals surface area contributed by atoms with Gasteiger partial charge < -0.3 is 4.90 Å². The Labute approximate surface area is 39.3 Å². The highest BCUT2D eigenvalue weighted by Crippen LogP contribution is 1.77. The van der Waals surface area contributed by atoms with E-state index >= 15 is 0 Å². The molecule has 0 rings (SSSR count). The van der Waals surface area contributed by atoms with E-state index in [0.29, 0.717) is 0 Å². The molecule has 0 spiro atoms. The van der Waals surface area contributed by atoms with E-state index in [1.54, 1.807) is 6.08 Å². The predicted molar refractivity (Wildman–Crippen MR) is 28.2 cm³/mol. The normalized spacial score (nSPS) is 9.17. The third-order valence-electron chi connectivity index (χ3n) is 0.404. The van der Waals surface area contributed by atoms with Crippen LogP contribution in [0.5, 0.6) is 0 Å². The van der Waals surface area contributed by atoms with Crippen molar-refractivity contribution in [3.8, 4) is 0 Å². The van der Waals surface area contributed by atoms with Gasteiger partial charge in [-0.25, -0.2) is 0 Å². The minimum absolute atomic E-state index is 1.75. The van der Waals surface area contributed by atoms with Gasteiger partial charge in [0.25, 0.3) is 0 Å². The Morgan fingerprint density at radius 3 is 2.00 bits per heavy atom. The van der Waals surface area contributed by atoms with Gasteiger partial charge in [0.15, 0.2) is 0 Å². The molecule has 1 radical (unpaired) electrons. The van der Waals surface area contributed by atoms with Gasteiger partial charge in [-0.05, 0) is 14.1 Å². The van der Waals surface area contributed by atoms with Crippen molar-refractivity contribution in [2.75, 3.05) is 14.1 Å². The Balaban J connectivity index is 2.81. The van der Waals surface area contributed by atoms with Crippen molar-refractivity contribution in [1.82, 2.24) is 4.90 Å². The monoisotopic (exact) mass is 85.1 g/mol. The summed E-state index contributed by atoms with van der Waals surface area (Å²) in [5, 5.41) is 0. The van der Waals surface area contributed by atoms with E-state index in [0.717, 1.165) is 0 Å².